The van der Waals surface area contributed by atoms with Crippen LogP contribution < -0.4 is 5.32 Å². The van der Waals surface area contributed by atoms with Crippen molar-refractivity contribution in [1.82, 2.24) is 29.5 Å². The van der Waals surface area contributed by atoms with E-state index in [0.29, 0.717) is 12.8 Å². The van der Waals surface area contributed by atoms with E-state index in [0.717, 1.165) is 30.3 Å². The number of hydrogen-bond donors (Lipinski definition) is 1. The van der Waals surface area contributed by atoms with Gasteiger partial charge in [-0.25, -0.2) is 4.98 Å². The second kappa shape index (κ2) is 6.36. The number of hydrogen-bond acceptors (Lipinski definition) is 4. The highest BCUT2D eigenvalue weighted by Crippen LogP contribution is 2.37. The highest BCUT2D eigenvalue weighted by atomic mass is 19.4. The topological polar surface area (TPSA) is 68.0 Å². The average Bonchev–Trinajstić information content (AvgIpc) is 3.20. The van der Waals surface area contributed by atoms with Crippen molar-refractivity contribution < 1.29 is 18.0 Å². The number of piperidine rings is 1. The summed E-state index contributed by atoms with van der Waals surface area (Å²) < 4.78 is 41.4. The van der Waals surface area contributed by atoms with E-state index in [2.05, 4.69) is 20.0 Å². The van der Waals surface area contributed by atoms with Crippen LogP contribution in [0.4, 0.5) is 13.2 Å². The van der Waals surface area contributed by atoms with Crippen molar-refractivity contribution in [2.75, 3.05) is 19.6 Å². The van der Waals surface area contributed by atoms with Gasteiger partial charge in [0.15, 0.2) is 0 Å². The number of fused-ring (bicyclic) bond motifs is 2. The molecule has 2 aliphatic heterocycles. The Labute approximate surface area is 154 Å². The van der Waals surface area contributed by atoms with Crippen LogP contribution in [0.25, 0.3) is 11.4 Å². The number of aromatic nitrogens is 4. The van der Waals surface area contributed by atoms with Crippen LogP contribution in [0, 0.1) is 0 Å². The van der Waals surface area contributed by atoms with Crippen LogP contribution in [0.5, 0.6) is 0 Å². The summed E-state index contributed by atoms with van der Waals surface area (Å²) in [5, 5.41) is 7.71. The average molecular weight is 382 g/mol. The molecule has 2 aromatic rings. The third-order valence-electron chi connectivity index (χ3n) is 5.49. The zero-order chi connectivity index (χ0) is 19.2. The molecule has 7 nitrogen and oxygen atoms in total. The van der Waals surface area contributed by atoms with Gasteiger partial charge in [-0.05, 0) is 18.9 Å². The Hall–Kier alpha value is -2.36. The summed E-state index contributed by atoms with van der Waals surface area (Å²) in [4.78, 5) is 17.8. The zero-order valence-corrected chi connectivity index (χ0v) is 15.0. The van der Waals surface area contributed by atoms with Gasteiger partial charge in [-0.1, -0.05) is 0 Å². The summed E-state index contributed by atoms with van der Waals surface area (Å²) in [6.07, 6.45) is -1.23. The van der Waals surface area contributed by atoms with E-state index >= 15 is 0 Å². The van der Waals surface area contributed by atoms with E-state index in [-0.39, 0.29) is 13.1 Å². The smallest absolute Gasteiger partial charge is 0.342 e. The lowest BCUT2D eigenvalue weighted by Crippen LogP contribution is -2.56. The van der Waals surface area contributed by atoms with E-state index in [9.17, 15) is 18.0 Å². The maximum absolute atomic E-state index is 12.5. The summed E-state index contributed by atoms with van der Waals surface area (Å²) in [5.74, 6) is 0.0277. The maximum Gasteiger partial charge on any atom is 0.397 e. The van der Waals surface area contributed by atoms with Gasteiger partial charge in [-0.15, -0.1) is 0 Å². The molecule has 10 heteroatoms. The molecule has 27 heavy (non-hydrogen) atoms. The third kappa shape index (κ3) is 3.22. The molecule has 0 aromatic carbocycles. The van der Waals surface area contributed by atoms with E-state index < -0.39 is 24.0 Å². The second-order valence-electron chi connectivity index (χ2n) is 7.14. The summed E-state index contributed by atoms with van der Waals surface area (Å²) in [6, 6.07) is 1.93. The standard InChI is InChI=1S/C17H21F3N6O/c1-24-12(2-5-23-24)13-11-21-15-16(22-6-9-26(13)15)3-7-25(8-4-16)14(27)10-17(18,19)20/h2,5,11,22H,3-4,6-10H2,1H3. The number of imidazole rings is 1. The molecular formula is C17H21F3N6O. The molecule has 0 aliphatic carbocycles. The summed E-state index contributed by atoms with van der Waals surface area (Å²) in [6.45, 7) is 2.07. The number of carbonyl (C=O) groups is 1. The van der Waals surface area contributed by atoms with Crippen LogP contribution in [0.3, 0.4) is 0 Å². The van der Waals surface area contributed by atoms with Crippen molar-refractivity contribution in [1.29, 1.82) is 0 Å². The molecule has 4 rings (SSSR count). The molecule has 0 radical (unpaired) electrons. The highest BCUT2D eigenvalue weighted by molar-refractivity contribution is 5.77. The quantitative estimate of drug-likeness (QED) is 0.858. The summed E-state index contributed by atoms with van der Waals surface area (Å²) >= 11 is 0. The van der Waals surface area contributed by atoms with Crippen molar-refractivity contribution in [3.05, 3.63) is 24.3 Å². The minimum atomic E-state index is -4.47. The molecule has 1 amide bonds. The van der Waals surface area contributed by atoms with E-state index in [1.54, 1.807) is 10.9 Å². The molecule has 0 unspecified atom stereocenters. The van der Waals surface area contributed by atoms with Gasteiger partial charge < -0.3 is 14.8 Å². The van der Waals surface area contributed by atoms with Gasteiger partial charge in [-0.3, -0.25) is 9.48 Å². The number of nitrogens with zero attached hydrogens (tertiary/aromatic N) is 5. The molecule has 4 heterocycles. The second-order valence-corrected chi connectivity index (χ2v) is 7.14. The molecule has 0 saturated carbocycles. The number of aryl methyl sites for hydroxylation is 1. The van der Waals surface area contributed by atoms with Gasteiger partial charge in [0, 0.05) is 39.4 Å². The Kier molecular flexibility index (Phi) is 4.25. The van der Waals surface area contributed by atoms with E-state index in [1.165, 1.54) is 4.90 Å². The van der Waals surface area contributed by atoms with Crippen LogP contribution in [-0.4, -0.2) is 55.9 Å². The first-order valence-electron chi connectivity index (χ1n) is 8.93. The number of nitrogens with one attached hydrogen (secondary N) is 1. The molecule has 1 saturated heterocycles. The Morgan fingerprint density at radius 2 is 2.00 bits per heavy atom. The van der Waals surface area contributed by atoms with Gasteiger partial charge in [0.05, 0.1) is 23.1 Å². The van der Waals surface area contributed by atoms with Crippen LogP contribution >= 0.6 is 0 Å². The lowest BCUT2D eigenvalue weighted by molar-refractivity contribution is -0.162. The Bertz CT molecular complexity index is 847. The Morgan fingerprint density at radius 1 is 1.26 bits per heavy atom. The molecule has 0 bridgehead atoms. The molecule has 146 valence electrons. The maximum atomic E-state index is 12.5. The first-order chi connectivity index (χ1) is 12.8. The normalized spacial score (nSPS) is 19.3. The van der Waals surface area contributed by atoms with E-state index in [4.69, 9.17) is 0 Å². The lowest BCUT2D eigenvalue weighted by Gasteiger charge is -2.44. The number of alkyl halides is 3. The molecular weight excluding hydrogens is 361 g/mol. The number of carbonyl (C=O) groups excluding carboxylic acids is 1. The van der Waals surface area contributed by atoms with Crippen molar-refractivity contribution in [2.24, 2.45) is 7.05 Å². The van der Waals surface area contributed by atoms with Crippen LogP contribution in [0.15, 0.2) is 18.5 Å². The number of rotatable bonds is 2. The highest BCUT2D eigenvalue weighted by Gasteiger charge is 2.44. The van der Waals surface area contributed by atoms with Gasteiger partial charge in [-0.2, -0.15) is 18.3 Å². The fourth-order valence-electron chi connectivity index (χ4n) is 4.12. The third-order valence-corrected chi connectivity index (χ3v) is 5.49. The predicted octanol–water partition coefficient (Wildman–Crippen LogP) is 1.66. The molecule has 1 fully saturated rings. The van der Waals surface area contributed by atoms with E-state index in [1.807, 2.05) is 19.3 Å². The van der Waals surface area contributed by atoms with Crippen molar-refractivity contribution in [2.45, 2.75) is 37.5 Å². The van der Waals surface area contributed by atoms with Crippen molar-refractivity contribution in [3.8, 4) is 11.4 Å². The van der Waals surface area contributed by atoms with Crippen LogP contribution in [0.2, 0.25) is 0 Å². The summed E-state index contributed by atoms with van der Waals surface area (Å²) in [5.41, 5.74) is 1.52. The van der Waals surface area contributed by atoms with Crippen molar-refractivity contribution in [3.63, 3.8) is 0 Å². The fraction of sp³-hybridized carbons (Fsp3) is 0.588. The largest absolute Gasteiger partial charge is 0.397 e. The van der Waals surface area contributed by atoms with Crippen LogP contribution in [-0.2, 0) is 23.9 Å². The molecule has 1 N–H and O–H groups in total. The number of halogens is 3. The Morgan fingerprint density at radius 3 is 2.63 bits per heavy atom. The summed E-state index contributed by atoms with van der Waals surface area (Å²) in [7, 11) is 1.87. The minimum absolute atomic E-state index is 0.288. The fourth-order valence-corrected chi connectivity index (χ4v) is 4.12. The lowest BCUT2D eigenvalue weighted by atomic mass is 9.85. The molecule has 0 atom stereocenters. The Balaban J connectivity index is 1.55. The van der Waals surface area contributed by atoms with Gasteiger partial charge in [0.25, 0.3) is 0 Å². The van der Waals surface area contributed by atoms with Crippen LogP contribution in [0.1, 0.15) is 25.1 Å². The monoisotopic (exact) mass is 382 g/mol. The number of likely N-dealkylation sites (tertiary alicyclic amines) is 1. The first-order valence-corrected chi connectivity index (χ1v) is 8.93. The van der Waals surface area contributed by atoms with Gasteiger partial charge >= 0.3 is 6.18 Å². The molecule has 2 aromatic heterocycles. The van der Waals surface area contributed by atoms with Gasteiger partial charge in [0.1, 0.15) is 12.2 Å². The SMILES string of the molecule is Cn1nccc1-c1cnc2n1CCNC21CCN(C(=O)CC(F)(F)F)CC1. The van der Waals surface area contributed by atoms with Crippen molar-refractivity contribution >= 4 is 5.91 Å². The minimum Gasteiger partial charge on any atom is -0.342 e. The predicted molar refractivity (Wildman–Crippen MR) is 90.6 cm³/mol. The first kappa shape index (κ1) is 18.0. The van der Waals surface area contributed by atoms with Gasteiger partial charge in [0.2, 0.25) is 5.91 Å². The molecule has 1 spiro atoms. The molecule has 2 aliphatic rings. The number of amides is 1. The zero-order valence-electron chi connectivity index (χ0n) is 15.0.